The van der Waals surface area contributed by atoms with Gasteiger partial charge in [-0.15, -0.1) is 11.3 Å². The van der Waals surface area contributed by atoms with E-state index in [1.165, 1.54) is 0 Å². The van der Waals surface area contributed by atoms with Crippen molar-refractivity contribution in [1.82, 2.24) is 9.97 Å². The highest BCUT2D eigenvalue weighted by Crippen LogP contribution is 2.28. The van der Waals surface area contributed by atoms with Gasteiger partial charge in [0.1, 0.15) is 10.6 Å². The maximum absolute atomic E-state index is 5.95. The molecule has 92 valence electrons. The number of halogens is 1. The van der Waals surface area contributed by atoms with Crippen LogP contribution in [0.4, 0.5) is 5.82 Å². The molecule has 0 fully saturated rings. The fraction of sp³-hybridized carbons (Fsp3) is 0.500. The number of fused-ring (bicyclic) bond motifs is 1. The van der Waals surface area contributed by atoms with E-state index in [0.717, 1.165) is 29.0 Å². The molecule has 17 heavy (non-hydrogen) atoms. The highest BCUT2D eigenvalue weighted by Gasteiger charge is 2.12. The number of thiophene rings is 1. The van der Waals surface area contributed by atoms with E-state index < -0.39 is 0 Å². The van der Waals surface area contributed by atoms with Crippen LogP contribution >= 0.6 is 22.9 Å². The molecule has 2 aromatic rings. The Labute approximate surface area is 110 Å². The van der Waals surface area contributed by atoms with Crippen molar-refractivity contribution in [2.24, 2.45) is 5.92 Å². The van der Waals surface area contributed by atoms with Crippen LogP contribution < -0.4 is 4.90 Å². The summed E-state index contributed by atoms with van der Waals surface area (Å²) in [6, 6.07) is 2.05. The average Bonchev–Trinajstić information content (AvgIpc) is 2.72. The van der Waals surface area contributed by atoms with E-state index in [9.17, 15) is 0 Å². The smallest absolute Gasteiger partial charge is 0.225 e. The van der Waals surface area contributed by atoms with Gasteiger partial charge >= 0.3 is 0 Å². The van der Waals surface area contributed by atoms with Crippen molar-refractivity contribution in [3.63, 3.8) is 0 Å². The van der Waals surface area contributed by atoms with Crippen LogP contribution in [0.1, 0.15) is 20.3 Å². The summed E-state index contributed by atoms with van der Waals surface area (Å²) in [6.07, 6.45) is 1.14. The zero-order chi connectivity index (χ0) is 12.4. The second kappa shape index (κ2) is 5.19. The number of rotatable bonds is 4. The Kier molecular flexibility index (Phi) is 3.84. The van der Waals surface area contributed by atoms with Crippen LogP contribution in [0.3, 0.4) is 0 Å². The molecule has 0 N–H and O–H groups in total. The highest BCUT2D eigenvalue weighted by atomic mass is 35.5. The number of nitrogens with zero attached hydrogens (tertiary/aromatic N) is 3. The molecule has 2 aromatic heterocycles. The second-order valence-electron chi connectivity index (χ2n) is 4.56. The molecule has 0 bridgehead atoms. The van der Waals surface area contributed by atoms with Crippen LogP contribution in [-0.4, -0.2) is 23.6 Å². The largest absolute Gasteiger partial charge is 0.359 e. The van der Waals surface area contributed by atoms with Crippen molar-refractivity contribution >= 4 is 39.0 Å². The molecule has 0 saturated heterocycles. The van der Waals surface area contributed by atoms with E-state index in [2.05, 4.69) is 41.8 Å². The van der Waals surface area contributed by atoms with Crippen LogP contribution in [-0.2, 0) is 0 Å². The maximum Gasteiger partial charge on any atom is 0.225 e. The number of hydrogen-bond donors (Lipinski definition) is 0. The summed E-state index contributed by atoms with van der Waals surface area (Å²) in [5, 5.41) is 3.44. The van der Waals surface area contributed by atoms with Gasteiger partial charge in [0.15, 0.2) is 0 Å². The van der Waals surface area contributed by atoms with Crippen molar-refractivity contribution in [2.45, 2.75) is 20.3 Å². The Hall–Kier alpha value is -0.870. The maximum atomic E-state index is 5.95. The van der Waals surface area contributed by atoms with E-state index in [4.69, 9.17) is 11.6 Å². The van der Waals surface area contributed by atoms with Crippen molar-refractivity contribution < 1.29 is 0 Å². The third kappa shape index (κ3) is 2.87. The van der Waals surface area contributed by atoms with Gasteiger partial charge in [-0.25, -0.2) is 4.98 Å². The molecular formula is C12H16ClN3S. The predicted octanol–water partition coefficient (Wildman–Crippen LogP) is 3.83. The Morgan fingerprint density at radius 1 is 1.41 bits per heavy atom. The van der Waals surface area contributed by atoms with Gasteiger partial charge in [0.05, 0.1) is 5.39 Å². The molecule has 2 rings (SSSR count). The molecule has 0 spiro atoms. The lowest BCUT2D eigenvalue weighted by Gasteiger charge is -2.20. The first-order chi connectivity index (χ1) is 8.08. The number of anilines is 1. The summed E-state index contributed by atoms with van der Waals surface area (Å²) < 4.78 is 0. The lowest BCUT2D eigenvalue weighted by Crippen LogP contribution is -2.21. The predicted molar refractivity (Wildman–Crippen MR) is 75.2 cm³/mol. The fourth-order valence-electron chi connectivity index (χ4n) is 1.66. The third-order valence-corrected chi connectivity index (χ3v) is 3.66. The molecule has 5 heteroatoms. The standard InChI is InChI=1S/C12H16ClN3S/c1-8(2)4-6-16(3)10-9-5-7-17-11(9)15-12(13)14-10/h5,7-8H,4,6H2,1-3H3. The second-order valence-corrected chi connectivity index (χ2v) is 5.79. The van der Waals surface area contributed by atoms with Gasteiger partial charge in [-0.2, -0.15) is 4.98 Å². The van der Waals surface area contributed by atoms with Gasteiger partial charge in [0, 0.05) is 13.6 Å². The van der Waals surface area contributed by atoms with E-state index >= 15 is 0 Å². The quantitative estimate of drug-likeness (QED) is 0.790. The lowest BCUT2D eigenvalue weighted by atomic mass is 10.1. The van der Waals surface area contributed by atoms with Gasteiger partial charge in [-0.05, 0) is 35.4 Å². The van der Waals surface area contributed by atoms with Crippen LogP contribution in [0.5, 0.6) is 0 Å². The number of hydrogen-bond acceptors (Lipinski definition) is 4. The Balaban J connectivity index is 2.30. The van der Waals surface area contributed by atoms with Crippen molar-refractivity contribution in [3.8, 4) is 0 Å². The Bertz CT molecular complexity index is 509. The third-order valence-electron chi connectivity index (χ3n) is 2.68. The Morgan fingerprint density at radius 2 is 2.18 bits per heavy atom. The van der Waals surface area contributed by atoms with E-state index in [0.29, 0.717) is 11.2 Å². The Morgan fingerprint density at radius 3 is 2.88 bits per heavy atom. The average molecular weight is 270 g/mol. The summed E-state index contributed by atoms with van der Waals surface area (Å²) in [7, 11) is 2.05. The van der Waals surface area contributed by atoms with Crippen molar-refractivity contribution in [3.05, 3.63) is 16.7 Å². The molecule has 0 amide bonds. The minimum Gasteiger partial charge on any atom is -0.359 e. The van der Waals surface area contributed by atoms with Gasteiger partial charge in [0.2, 0.25) is 5.28 Å². The molecule has 0 aromatic carbocycles. The molecule has 0 atom stereocenters. The molecular weight excluding hydrogens is 254 g/mol. The molecule has 0 aliphatic rings. The first-order valence-corrected chi connectivity index (χ1v) is 6.95. The fourth-order valence-corrected chi connectivity index (χ4v) is 2.64. The van der Waals surface area contributed by atoms with E-state index in [1.54, 1.807) is 11.3 Å². The molecule has 0 aliphatic carbocycles. The van der Waals surface area contributed by atoms with E-state index in [1.807, 2.05) is 5.38 Å². The monoisotopic (exact) mass is 269 g/mol. The highest BCUT2D eigenvalue weighted by molar-refractivity contribution is 7.16. The van der Waals surface area contributed by atoms with Crippen molar-refractivity contribution in [1.29, 1.82) is 0 Å². The van der Waals surface area contributed by atoms with Crippen LogP contribution in [0.25, 0.3) is 10.2 Å². The van der Waals surface area contributed by atoms with Crippen LogP contribution in [0.2, 0.25) is 5.28 Å². The minimum atomic E-state index is 0.325. The summed E-state index contributed by atoms with van der Waals surface area (Å²) in [5.74, 6) is 1.62. The molecule has 3 nitrogen and oxygen atoms in total. The molecule has 0 saturated carbocycles. The number of aromatic nitrogens is 2. The van der Waals surface area contributed by atoms with Gasteiger partial charge < -0.3 is 4.90 Å². The molecule has 0 aliphatic heterocycles. The van der Waals surface area contributed by atoms with Crippen LogP contribution in [0, 0.1) is 5.92 Å². The first-order valence-electron chi connectivity index (χ1n) is 5.70. The van der Waals surface area contributed by atoms with Gasteiger partial charge in [-0.1, -0.05) is 13.8 Å². The first kappa shape index (κ1) is 12.6. The molecule has 0 radical (unpaired) electrons. The molecule has 0 unspecified atom stereocenters. The zero-order valence-corrected chi connectivity index (χ0v) is 11.8. The summed E-state index contributed by atoms with van der Waals surface area (Å²) in [4.78, 5) is 11.7. The van der Waals surface area contributed by atoms with Crippen LogP contribution in [0.15, 0.2) is 11.4 Å². The zero-order valence-electron chi connectivity index (χ0n) is 10.3. The van der Waals surface area contributed by atoms with E-state index in [-0.39, 0.29) is 0 Å². The van der Waals surface area contributed by atoms with Gasteiger partial charge in [0.25, 0.3) is 0 Å². The summed E-state index contributed by atoms with van der Waals surface area (Å²) in [6.45, 7) is 5.43. The molecule has 2 heterocycles. The summed E-state index contributed by atoms with van der Waals surface area (Å²) in [5.41, 5.74) is 0. The van der Waals surface area contributed by atoms with Crippen molar-refractivity contribution in [2.75, 3.05) is 18.5 Å². The topological polar surface area (TPSA) is 29.0 Å². The normalized spacial score (nSPS) is 11.4. The SMILES string of the molecule is CC(C)CCN(C)c1nc(Cl)nc2sccc12. The summed E-state index contributed by atoms with van der Waals surface area (Å²) >= 11 is 7.54. The minimum absolute atomic E-state index is 0.325. The van der Waals surface area contributed by atoms with Gasteiger partial charge in [-0.3, -0.25) is 0 Å². The lowest BCUT2D eigenvalue weighted by molar-refractivity contribution is 0.584.